The molecule has 1 N–H and O–H groups in total. The summed E-state index contributed by atoms with van der Waals surface area (Å²) in [5.74, 6) is -0.309. The molecule has 158 valence electrons. The number of hydrogen-bond acceptors (Lipinski definition) is 6. The number of alkyl halides is 3. The van der Waals surface area contributed by atoms with E-state index >= 15 is 0 Å². The van der Waals surface area contributed by atoms with E-state index in [1.54, 1.807) is 16.8 Å². The Bertz CT molecular complexity index is 1190. The molecule has 0 radical (unpaired) electrons. The average Bonchev–Trinajstić information content (AvgIpc) is 3.36. The highest BCUT2D eigenvalue weighted by molar-refractivity contribution is 7.89. The minimum atomic E-state index is -4.63. The standard InChI is InChI=1S/C18H14F3N3O3S3/c19-18(20,21)12-2-1-3-13(8-12)30(26,27)24-6-4-14-15(9-24)29-17(22-14)23-16(25)11-5-7-28-10-11/h1-3,5,7-8,10H,4,6,9H2,(H,22,23,25). The van der Waals surface area contributed by atoms with Gasteiger partial charge in [-0.25, -0.2) is 13.4 Å². The highest BCUT2D eigenvalue weighted by Gasteiger charge is 2.34. The summed E-state index contributed by atoms with van der Waals surface area (Å²) in [6.45, 7) is 0.0765. The normalized spacial score (nSPS) is 15.0. The van der Waals surface area contributed by atoms with Gasteiger partial charge in [0.15, 0.2) is 5.13 Å². The Balaban J connectivity index is 1.54. The first kappa shape index (κ1) is 21.0. The Morgan fingerprint density at radius 3 is 2.73 bits per heavy atom. The maximum atomic E-state index is 13.0. The number of hydrogen-bond donors (Lipinski definition) is 1. The second kappa shape index (κ2) is 7.76. The first-order valence-electron chi connectivity index (χ1n) is 8.64. The zero-order chi connectivity index (χ0) is 21.5. The van der Waals surface area contributed by atoms with Gasteiger partial charge in [0.05, 0.1) is 28.3 Å². The monoisotopic (exact) mass is 473 g/mol. The zero-order valence-electron chi connectivity index (χ0n) is 15.1. The number of rotatable bonds is 4. The largest absolute Gasteiger partial charge is 0.416 e. The van der Waals surface area contributed by atoms with Crippen molar-refractivity contribution in [2.45, 2.75) is 24.0 Å². The van der Waals surface area contributed by atoms with Crippen LogP contribution in [0.1, 0.15) is 26.5 Å². The van der Waals surface area contributed by atoms with Crippen LogP contribution < -0.4 is 5.32 Å². The van der Waals surface area contributed by atoms with Crippen LogP contribution in [0.15, 0.2) is 46.0 Å². The molecule has 6 nitrogen and oxygen atoms in total. The lowest BCUT2D eigenvalue weighted by Crippen LogP contribution is -2.35. The molecule has 2 aromatic heterocycles. The van der Waals surface area contributed by atoms with Crippen LogP contribution in [-0.4, -0.2) is 30.2 Å². The van der Waals surface area contributed by atoms with Gasteiger partial charge in [0.25, 0.3) is 5.91 Å². The summed E-state index contributed by atoms with van der Waals surface area (Å²) < 4.78 is 65.8. The number of aromatic nitrogens is 1. The molecular formula is C18H14F3N3O3S3. The Morgan fingerprint density at radius 2 is 2.03 bits per heavy atom. The van der Waals surface area contributed by atoms with Gasteiger partial charge in [0.1, 0.15) is 0 Å². The van der Waals surface area contributed by atoms with Gasteiger partial charge in [-0.1, -0.05) is 6.07 Å². The third-order valence-electron chi connectivity index (χ3n) is 4.50. The van der Waals surface area contributed by atoms with Crippen LogP contribution in [0.5, 0.6) is 0 Å². The van der Waals surface area contributed by atoms with E-state index < -0.39 is 26.7 Å². The van der Waals surface area contributed by atoms with Gasteiger partial charge in [-0.05, 0) is 29.6 Å². The number of anilines is 1. The lowest BCUT2D eigenvalue weighted by atomic mass is 10.2. The number of sulfonamides is 1. The number of carbonyl (C=O) groups excluding carboxylic acids is 1. The summed E-state index contributed by atoms with van der Waals surface area (Å²) in [5.41, 5.74) is 0.163. The molecule has 1 aliphatic rings. The van der Waals surface area contributed by atoms with Crippen molar-refractivity contribution in [3.8, 4) is 0 Å². The van der Waals surface area contributed by atoms with Crippen molar-refractivity contribution in [1.29, 1.82) is 0 Å². The SMILES string of the molecule is O=C(Nc1nc2c(s1)CN(S(=O)(=O)c1cccc(C(F)(F)F)c1)CC2)c1ccsc1. The fourth-order valence-electron chi connectivity index (χ4n) is 2.98. The molecule has 30 heavy (non-hydrogen) atoms. The molecule has 0 saturated carbocycles. The maximum Gasteiger partial charge on any atom is 0.416 e. The molecule has 3 aromatic rings. The number of benzene rings is 1. The Morgan fingerprint density at radius 1 is 1.23 bits per heavy atom. The van der Waals surface area contributed by atoms with E-state index in [0.29, 0.717) is 33.8 Å². The second-order valence-electron chi connectivity index (χ2n) is 6.47. The van der Waals surface area contributed by atoms with Gasteiger partial charge in [0.2, 0.25) is 10.0 Å². The first-order valence-corrected chi connectivity index (χ1v) is 11.8. The van der Waals surface area contributed by atoms with E-state index in [0.717, 1.165) is 33.8 Å². The lowest BCUT2D eigenvalue weighted by molar-refractivity contribution is -0.137. The molecule has 1 amide bonds. The van der Waals surface area contributed by atoms with Crippen LogP contribution in [0.4, 0.5) is 18.3 Å². The van der Waals surface area contributed by atoms with Crippen molar-refractivity contribution in [3.63, 3.8) is 0 Å². The van der Waals surface area contributed by atoms with Gasteiger partial charge >= 0.3 is 6.18 Å². The van der Waals surface area contributed by atoms with Crippen LogP contribution in [0.3, 0.4) is 0 Å². The fourth-order valence-corrected chi connectivity index (χ4v) is 6.17. The number of thiazole rings is 1. The Kier molecular flexibility index (Phi) is 5.43. The number of amides is 1. The molecule has 1 aliphatic heterocycles. The third-order valence-corrected chi connectivity index (χ3v) is 8.02. The van der Waals surface area contributed by atoms with Crippen molar-refractivity contribution >= 4 is 43.7 Å². The highest BCUT2D eigenvalue weighted by Crippen LogP contribution is 2.34. The second-order valence-corrected chi connectivity index (χ2v) is 10.3. The summed E-state index contributed by atoms with van der Waals surface area (Å²) in [6, 6.07) is 5.38. The molecule has 3 heterocycles. The predicted octanol–water partition coefficient (Wildman–Crippen LogP) is 4.22. The lowest BCUT2D eigenvalue weighted by Gasteiger charge is -2.25. The number of nitrogens with zero attached hydrogens (tertiary/aromatic N) is 2. The smallest absolute Gasteiger partial charge is 0.298 e. The van der Waals surface area contributed by atoms with Gasteiger partial charge in [-0.3, -0.25) is 10.1 Å². The Hall–Kier alpha value is -2.28. The Labute approximate surface area is 178 Å². The van der Waals surface area contributed by atoms with Crippen LogP contribution in [0.25, 0.3) is 0 Å². The summed E-state index contributed by atoms with van der Waals surface area (Å²) in [7, 11) is -4.11. The van der Waals surface area contributed by atoms with Crippen molar-refractivity contribution < 1.29 is 26.4 Å². The van der Waals surface area contributed by atoms with Crippen molar-refractivity contribution in [3.05, 3.63) is 62.8 Å². The van der Waals surface area contributed by atoms with Gasteiger partial charge in [0, 0.05) is 23.2 Å². The topological polar surface area (TPSA) is 79.4 Å². The van der Waals surface area contributed by atoms with E-state index in [-0.39, 0.29) is 19.0 Å². The molecule has 1 aromatic carbocycles. The summed E-state index contributed by atoms with van der Waals surface area (Å²) in [4.78, 5) is 16.8. The summed E-state index contributed by atoms with van der Waals surface area (Å²) in [6.07, 6.45) is -4.33. The first-order chi connectivity index (χ1) is 14.1. The fraction of sp³-hybridized carbons (Fsp3) is 0.222. The molecule has 0 fully saturated rings. The molecule has 0 bridgehead atoms. The molecular weight excluding hydrogens is 459 g/mol. The number of thiophene rings is 1. The highest BCUT2D eigenvalue weighted by atomic mass is 32.2. The molecule has 0 aliphatic carbocycles. The third kappa shape index (κ3) is 4.13. The number of carbonyl (C=O) groups is 1. The summed E-state index contributed by atoms with van der Waals surface area (Å²) in [5, 5.41) is 6.53. The van der Waals surface area contributed by atoms with Crippen LogP contribution >= 0.6 is 22.7 Å². The predicted molar refractivity (Wildman–Crippen MR) is 107 cm³/mol. The number of halogens is 3. The van der Waals surface area contributed by atoms with Crippen LogP contribution in [-0.2, 0) is 29.2 Å². The van der Waals surface area contributed by atoms with E-state index in [1.165, 1.54) is 11.3 Å². The van der Waals surface area contributed by atoms with Crippen molar-refractivity contribution in [1.82, 2.24) is 9.29 Å². The minimum Gasteiger partial charge on any atom is -0.298 e. The molecule has 0 saturated heterocycles. The maximum absolute atomic E-state index is 13.0. The number of nitrogens with one attached hydrogen (secondary N) is 1. The van der Waals surface area contributed by atoms with Gasteiger partial charge < -0.3 is 0 Å². The molecule has 12 heteroatoms. The molecule has 0 atom stereocenters. The summed E-state index contributed by atoms with van der Waals surface area (Å²) >= 11 is 2.55. The zero-order valence-corrected chi connectivity index (χ0v) is 17.6. The van der Waals surface area contributed by atoms with Gasteiger partial charge in [-0.15, -0.1) is 11.3 Å². The van der Waals surface area contributed by atoms with Gasteiger partial charge in [-0.2, -0.15) is 28.8 Å². The molecule has 0 spiro atoms. The quantitative estimate of drug-likeness (QED) is 0.615. The molecule has 4 rings (SSSR count). The molecule has 0 unspecified atom stereocenters. The minimum absolute atomic E-state index is 0.0140. The van der Waals surface area contributed by atoms with E-state index in [2.05, 4.69) is 10.3 Å². The van der Waals surface area contributed by atoms with Crippen LogP contribution in [0.2, 0.25) is 0 Å². The number of fused-ring (bicyclic) bond motifs is 1. The van der Waals surface area contributed by atoms with Crippen LogP contribution in [0, 0.1) is 0 Å². The van der Waals surface area contributed by atoms with Crippen molar-refractivity contribution in [2.75, 3.05) is 11.9 Å². The van der Waals surface area contributed by atoms with E-state index in [9.17, 15) is 26.4 Å². The van der Waals surface area contributed by atoms with Crippen molar-refractivity contribution in [2.24, 2.45) is 0 Å². The average molecular weight is 474 g/mol. The van der Waals surface area contributed by atoms with E-state index in [4.69, 9.17) is 0 Å². The van der Waals surface area contributed by atoms with E-state index in [1.807, 2.05) is 0 Å².